The molecule has 8 nitrogen and oxygen atoms in total. The molecule has 4 rings (SSSR count). The number of carbonyl (C=O) groups excluding carboxylic acids is 2. The lowest BCUT2D eigenvalue weighted by Gasteiger charge is -2.23. The number of rotatable bonds is 6. The number of pyridine rings is 1. The first-order valence-corrected chi connectivity index (χ1v) is 11.7. The first kappa shape index (κ1) is 20.9. The van der Waals surface area contributed by atoms with Gasteiger partial charge >= 0.3 is 0 Å². The molecule has 0 saturated carbocycles. The summed E-state index contributed by atoms with van der Waals surface area (Å²) in [6.45, 7) is 0. The zero-order valence-corrected chi connectivity index (χ0v) is 17.7. The van der Waals surface area contributed by atoms with Gasteiger partial charge in [0.05, 0.1) is 15.8 Å². The van der Waals surface area contributed by atoms with Crippen LogP contribution in [-0.4, -0.2) is 30.5 Å². The predicted octanol–water partition coefficient (Wildman–Crippen LogP) is 3.32. The largest absolute Gasteiger partial charge is 0.326 e. The van der Waals surface area contributed by atoms with Gasteiger partial charge in [0.1, 0.15) is 5.82 Å². The Morgan fingerprint density at radius 2 is 1.77 bits per heavy atom. The number of aromatic nitrogens is 1. The first-order valence-electron chi connectivity index (χ1n) is 9.31. The summed E-state index contributed by atoms with van der Waals surface area (Å²) in [6.07, 6.45) is 1.48. The maximum Gasteiger partial charge on any atom is 0.263 e. The molecule has 0 radical (unpaired) electrons. The zero-order chi connectivity index (χ0) is 21.8. The van der Waals surface area contributed by atoms with Crippen molar-refractivity contribution in [3.8, 4) is 0 Å². The van der Waals surface area contributed by atoms with E-state index in [9.17, 15) is 18.0 Å². The highest BCUT2D eigenvalue weighted by Crippen LogP contribution is 2.36. The van der Waals surface area contributed by atoms with Gasteiger partial charge in [0.15, 0.2) is 0 Å². The van der Waals surface area contributed by atoms with E-state index in [0.717, 1.165) is 10.6 Å². The average molecular weight is 455 g/mol. The summed E-state index contributed by atoms with van der Waals surface area (Å²) < 4.78 is 27.3. The van der Waals surface area contributed by atoms with Crippen LogP contribution in [0.15, 0.2) is 82.7 Å². The highest BCUT2D eigenvalue weighted by atomic mass is 32.2. The SMILES string of the molecule is O=C(CC1Sc2ccccc2NC1=O)Nc1ccc(S(=O)(=O)Nc2ccccn2)cc1. The van der Waals surface area contributed by atoms with Crippen molar-refractivity contribution in [1.82, 2.24) is 4.98 Å². The molecule has 1 aliphatic rings. The fourth-order valence-electron chi connectivity index (χ4n) is 2.94. The molecule has 2 amide bonds. The fourth-order valence-corrected chi connectivity index (χ4v) is 5.06. The lowest BCUT2D eigenvalue weighted by molar-refractivity contribution is -0.120. The molecule has 1 aromatic heterocycles. The highest BCUT2D eigenvalue weighted by molar-refractivity contribution is 8.01. The third-order valence-electron chi connectivity index (χ3n) is 4.43. The van der Waals surface area contributed by atoms with Gasteiger partial charge in [0.25, 0.3) is 10.0 Å². The van der Waals surface area contributed by atoms with Gasteiger partial charge in [-0.3, -0.25) is 14.3 Å². The minimum absolute atomic E-state index is 0.00782. The standard InChI is InChI=1S/C21H18N4O4S2/c26-20(13-18-21(27)24-16-5-1-2-6-17(16)30-18)23-14-8-10-15(11-9-14)31(28,29)25-19-7-3-4-12-22-19/h1-12,18H,13H2,(H,22,25)(H,23,26)(H,24,27). The van der Waals surface area contributed by atoms with Crippen LogP contribution in [0.5, 0.6) is 0 Å². The summed E-state index contributed by atoms with van der Waals surface area (Å²) in [5.41, 5.74) is 1.17. The van der Waals surface area contributed by atoms with E-state index in [1.165, 1.54) is 42.2 Å². The number of thioether (sulfide) groups is 1. The van der Waals surface area contributed by atoms with E-state index < -0.39 is 15.3 Å². The number of sulfonamides is 1. The monoisotopic (exact) mass is 454 g/mol. The topological polar surface area (TPSA) is 117 Å². The molecule has 10 heteroatoms. The molecule has 1 unspecified atom stereocenters. The Hall–Kier alpha value is -3.37. The Kier molecular flexibility index (Phi) is 5.92. The van der Waals surface area contributed by atoms with Crippen LogP contribution in [0.1, 0.15) is 6.42 Å². The molecular formula is C21H18N4O4S2. The number of anilines is 3. The van der Waals surface area contributed by atoms with Gasteiger partial charge in [-0.25, -0.2) is 13.4 Å². The molecule has 31 heavy (non-hydrogen) atoms. The van der Waals surface area contributed by atoms with Gasteiger partial charge in [-0.05, 0) is 48.5 Å². The van der Waals surface area contributed by atoms with E-state index in [2.05, 4.69) is 20.3 Å². The van der Waals surface area contributed by atoms with Crippen molar-refractivity contribution >= 4 is 50.8 Å². The van der Waals surface area contributed by atoms with Crippen molar-refractivity contribution in [3.05, 3.63) is 72.9 Å². The quantitative estimate of drug-likeness (QED) is 0.526. The normalized spacial score (nSPS) is 15.5. The fraction of sp³-hybridized carbons (Fsp3) is 0.0952. The van der Waals surface area contributed by atoms with E-state index in [-0.39, 0.29) is 28.9 Å². The van der Waals surface area contributed by atoms with Gasteiger partial charge in [0, 0.05) is 23.2 Å². The van der Waals surface area contributed by atoms with Gasteiger partial charge in [-0.15, -0.1) is 11.8 Å². The molecule has 2 heterocycles. The molecule has 1 atom stereocenters. The number of hydrogen-bond donors (Lipinski definition) is 3. The summed E-state index contributed by atoms with van der Waals surface area (Å²) in [5, 5.41) is 4.96. The van der Waals surface area contributed by atoms with Crippen LogP contribution in [0.2, 0.25) is 0 Å². The van der Waals surface area contributed by atoms with Crippen LogP contribution in [0.3, 0.4) is 0 Å². The summed E-state index contributed by atoms with van der Waals surface area (Å²) in [7, 11) is -3.80. The number of nitrogens with one attached hydrogen (secondary N) is 3. The third-order valence-corrected chi connectivity index (χ3v) is 7.08. The van der Waals surface area contributed by atoms with Crippen LogP contribution >= 0.6 is 11.8 Å². The van der Waals surface area contributed by atoms with Crippen molar-refractivity contribution in [2.24, 2.45) is 0 Å². The Bertz CT molecular complexity index is 1220. The number of para-hydroxylation sites is 1. The van der Waals surface area contributed by atoms with Crippen LogP contribution < -0.4 is 15.4 Å². The van der Waals surface area contributed by atoms with Crippen LogP contribution in [0.4, 0.5) is 17.2 Å². The van der Waals surface area contributed by atoms with Crippen LogP contribution in [0, 0.1) is 0 Å². The maximum absolute atomic E-state index is 12.4. The highest BCUT2D eigenvalue weighted by Gasteiger charge is 2.28. The van der Waals surface area contributed by atoms with E-state index in [1.54, 1.807) is 18.2 Å². The Balaban J connectivity index is 1.38. The Morgan fingerprint density at radius 3 is 2.52 bits per heavy atom. The minimum Gasteiger partial charge on any atom is -0.326 e. The van der Waals surface area contributed by atoms with E-state index >= 15 is 0 Å². The smallest absolute Gasteiger partial charge is 0.263 e. The summed E-state index contributed by atoms with van der Waals surface area (Å²) in [4.78, 5) is 29.6. The number of hydrogen-bond acceptors (Lipinski definition) is 6. The van der Waals surface area contributed by atoms with Gasteiger partial charge in [-0.2, -0.15) is 0 Å². The minimum atomic E-state index is -3.80. The average Bonchev–Trinajstić information content (AvgIpc) is 2.75. The van der Waals surface area contributed by atoms with Gasteiger partial charge in [0.2, 0.25) is 11.8 Å². The van der Waals surface area contributed by atoms with E-state index in [4.69, 9.17) is 0 Å². The first-order chi connectivity index (χ1) is 14.9. The molecule has 0 spiro atoms. The number of carbonyl (C=O) groups is 2. The molecule has 3 aromatic rings. The van der Waals surface area contributed by atoms with Crippen molar-refractivity contribution in [3.63, 3.8) is 0 Å². The molecule has 0 fully saturated rings. The van der Waals surface area contributed by atoms with E-state index in [0.29, 0.717) is 5.69 Å². The van der Waals surface area contributed by atoms with Gasteiger partial charge in [-0.1, -0.05) is 18.2 Å². The summed E-state index contributed by atoms with van der Waals surface area (Å²) >= 11 is 1.34. The second-order valence-electron chi connectivity index (χ2n) is 6.69. The molecular weight excluding hydrogens is 436 g/mol. The number of amides is 2. The molecule has 0 bridgehead atoms. The maximum atomic E-state index is 12.4. The molecule has 3 N–H and O–H groups in total. The van der Waals surface area contributed by atoms with Crippen molar-refractivity contribution < 1.29 is 18.0 Å². The lowest BCUT2D eigenvalue weighted by atomic mass is 10.2. The lowest BCUT2D eigenvalue weighted by Crippen LogP contribution is -2.32. The third kappa shape index (κ3) is 5.04. The Labute approximate surface area is 183 Å². The van der Waals surface area contributed by atoms with Gasteiger partial charge < -0.3 is 10.6 Å². The van der Waals surface area contributed by atoms with Crippen molar-refractivity contribution in [2.75, 3.05) is 15.4 Å². The van der Waals surface area contributed by atoms with Crippen LogP contribution in [0.25, 0.3) is 0 Å². The number of nitrogens with zero attached hydrogens (tertiary/aromatic N) is 1. The molecule has 2 aromatic carbocycles. The second kappa shape index (κ2) is 8.78. The zero-order valence-electron chi connectivity index (χ0n) is 16.1. The van der Waals surface area contributed by atoms with Crippen molar-refractivity contribution in [1.29, 1.82) is 0 Å². The molecule has 1 aliphatic heterocycles. The van der Waals surface area contributed by atoms with Crippen molar-refractivity contribution in [2.45, 2.75) is 21.5 Å². The van der Waals surface area contributed by atoms with Crippen LogP contribution in [-0.2, 0) is 19.6 Å². The number of benzene rings is 2. The summed E-state index contributed by atoms with van der Waals surface area (Å²) in [5.74, 6) is -0.347. The molecule has 158 valence electrons. The van der Waals surface area contributed by atoms with E-state index in [1.807, 2.05) is 24.3 Å². The molecule has 0 aliphatic carbocycles. The molecule has 0 saturated heterocycles. The predicted molar refractivity (Wildman–Crippen MR) is 119 cm³/mol. The summed E-state index contributed by atoms with van der Waals surface area (Å²) in [6, 6.07) is 18.1. The second-order valence-corrected chi connectivity index (χ2v) is 9.62. The number of fused-ring (bicyclic) bond motifs is 1. The Morgan fingerprint density at radius 1 is 1.03 bits per heavy atom.